The van der Waals surface area contributed by atoms with Gasteiger partial charge < -0.3 is 5.73 Å². The summed E-state index contributed by atoms with van der Waals surface area (Å²) in [4.78, 5) is 0. The Labute approximate surface area is 79.7 Å². The standard InChI is InChI=1S/C10H19N3/c1-4-9-8(3)12-13-10(9)6-5-7(2)11/h7H,4-6,11H2,1-3H3,(H,12,13). The van der Waals surface area contributed by atoms with Gasteiger partial charge in [0.2, 0.25) is 0 Å². The number of nitrogens with zero attached hydrogens (tertiary/aromatic N) is 1. The normalized spacial score (nSPS) is 13.2. The summed E-state index contributed by atoms with van der Waals surface area (Å²) >= 11 is 0. The van der Waals surface area contributed by atoms with Gasteiger partial charge in [0.25, 0.3) is 0 Å². The molecule has 1 rings (SSSR count). The Kier molecular flexibility index (Phi) is 3.48. The zero-order valence-corrected chi connectivity index (χ0v) is 8.72. The van der Waals surface area contributed by atoms with E-state index in [0.29, 0.717) is 0 Å². The fraction of sp³-hybridized carbons (Fsp3) is 0.700. The summed E-state index contributed by atoms with van der Waals surface area (Å²) in [5.41, 5.74) is 9.45. The van der Waals surface area contributed by atoms with Crippen LogP contribution in [0.3, 0.4) is 0 Å². The van der Waals surface area contributed by atoms with Crippen molar-refractivity contribution >= 4 is 0 Å². The van der Waals surface area contributed by atoms with E-state index in [0.717, 1.165) is 19.3 Å². The third-order valence-electron chi connectivity index (χ3n) is 2.35. The van der Waals surface area contributed by atoms with Crippen molar-refractivity contribution in [2.75, 3.05) is 0 Å². The first-order chi connectivity index (χ1) is 6.15. The van der Waals surface area contributed by atoms with Gasteiger partial charge in [0, 0.05) is 11.7 Å². The lowest BCUT2D eigenvalue weighted by Crippen LogP contribution is -2.15. The lowest BCUT2D eigenvalue weighted by Gasteiger charge is -2.03. The van der Waals surface area contributed by atoms with E-state index < -0.39 is 0 Å². The molecule has 1 aromatic rings. The Morgan fingerprint density at radius 2 is 2.23 bits per heavy atom. The molecule has 1 unspecified atom stereocenters. The fourth-order valence-corrected chi connectivity index (χ4v) is 1.54. The zero-order chi connectivity index (χ0) is 9.84. The highest BCUT2D eigenvalue weighted by molar-refractivity contribution is 5.24. The smallest absolute Gasteiger partial charge is 0.0657 e. The van der Waals surface area contributed by atoms with Crippen molar-refractivity contribution in [3.8, 4) is 0 Å². The van der Waals surface area contributed by atoms with Crippen LogP contribution >= 0.6 is 0 Å². The Morgan fingerprint density at radius 3 is 2.77 bits per heavy atom. The number of hydrogen-bond donors (Lipinski definition) is 2. The molecule has 1 aromatic heterocycles. The third-order valence-corrected chi connectivity index (χ3v) is 2.35. The van der Waals surface area contributed by atoms with E-state index in [1.54, 1.807) is 0 Å². The summed E-state index contributed by atoms with van der Waals surface area (Å²) in [6, 6.07) is 0.265. The molecule has 0 saturated carbocycles. The van der Waals surface area contributed by atoms with Gasteiger partial charge in [-0.25, -0.2) is 0 Å². The molecule has 0 saturated heterocycles. The highest BCUT2D eigenvalue weighted by Crippen LogP contribution is 2.13. The molecule has 3 N–H and O–H groups in total. The Balaban J connectivity index is 2.65. The van der Waals surface area contributed by atoms with Crippen LogP contribution in [-0.4, -0.2) is 16.2 Å². The summed E-state index contributed by atoms with van der Waals surface area (Å²) in [7, 11) is 0. The Morgan fingerprint density at radius 1 is 1.54 bits per heavy atom. The van der Waals surface area contributed by atoms with Gasteiger partial charge in [-0.3, -0.25) is 5.10 Å². The van der Waals surface area contributed by atoms with Crippen LogP contribution in [0.2, 0.25) is 0 Å². The van der Waals surface area contributed by atoms with E-state index in [1.165, 1.54) is 17.0 Å². The van der Waals surface area contributed by atoms with Crippen molar-refractivity contribution in [3.05, 3.63) is 17.0 Å². The van der Waals surface area contributed by atoms with Gasteiger partial charge in [-0.2, -0.15) is 5.10 Å². The van der Waals surface area contributed by atoms with E-state index >= 15 is 0 Å². The number of rotatable bonds is 4. The Bertz CT molecular complexity index is 263. The van der Waals surface area contributed by atoms with Crippen LogP contribution in [-0.2, 0) is 12.8 Å². The predicted molar refractivity (Wildman–Crippen MR) is 54.7 cm³/mol. The molecule has 0 aliphatic rings. The van der Waals surface area contributed by atoms with Crippen LogP contribution in [0.25, 0.3) is 0 Å². The summed E-state index contributed by atoms with van der Waals surface area (Å²) in [5.74, 6) is 0. The minimum atomic E-state index is 0.265. The first kappa shape index (κ1) is 10.3. The van der Waals surface area contributed by atoms with Gasteiger partial charge >= 0.3 is 0 Å². The Hall–Kier alpha value is -0.830. The molecule has 3 nitrogen and oxygen atoms in total. The number of aromatic amines is 1. The molecule has 13 heavy (non-hydrogen) atoms. The zero-order valence-electron chi connectivity index (χ0n) is 8.72. The highest BCUT2D eigenvalue weighted by atomic mass is 15.1. The molecular formula is C10H19N3. The van der Waals surface area contributed by atoms with E-state index in [4.69, 9.17) is 5.73 Å². The van der Waals surface area contributed by atoms with Crippen molar-refractivity contribution in [2.24, 2.45) is 5.73 Å². The minimum Gasteiger partial charge on any atom is -0.328 e. The first-order valence-electron chi connectivity index (χ1n) is 4.93. The van der Waals surface area contributed by atoms with Crippen LogP contribution in [0, 0.1) is 6.92 Å². The minimum absolute atomic E-state index is 0.265. The van der Waals surface area contributed by atoms with Crippen molar-refractivity contribution < 1.29 is 0 Å². The van der Waals surface area contributed by atoms with Gasteiger partial charge in [-0.1, -0.05) is 6.92 Å². The van der Waals surface area contributed by atoms with Crippen LogP contribution in [0.15, 0.2) is 0 Å². The van der Waals surface area contributed by atoms with E-state index in [2.05, 4.69) is 24.0 Å². The molecule has 1 atom stereocenters. The molecule has 74 valence electrons. The van der Waals surface area contributed by atoms with Crippen LogP contribution in [0.4, 0.5) is 0 Å². The third kappa shape index (κ3) is 2.56. The van der Waals surface area contributed by atoms with Crippen molar-refractivity contribution in [2.45, 2.75) is 46.1 Å². The molecule has 0 aliphatic carbocycles. The molecule has 1 heterocycles. The molecule has 0 fully saturated rings. The highest BCUT2D eigenvalue weighted by Gasteiger charge is 2.08. The summed E-state index contributed by atoms with van der Waals surface area (Å²) in [6.45, 7) is 6.26. The molecule has 0 aliphatic heterocycles. The lowest BCUT2D eigenvalue weighted by atomic mass is 10.1. The first-order valence-corrected chi connectivity index (χ1v) is 4.93. The molecule has 3 heteroatoms. The number of aromatic nitrogens is 2. The van der Waals surface area contributed by atoms with E-state index in [1.807, 2.05) is 6.92 Å². The number of aryl methyl sites for hydroxylation is 2. The number of nitrogens with one attached hydrogen (secondary N) is 1. The van der Waals surface area contributed by atoms with Crippen LogP contribution in [0.5, 0.6) is 0 Å². The molecule has 0 aromatic carbocycles. The van der Waals surface area contributed by atoms with Gasteiger partial charge in [0.1, 0.15) is 0 Å². The lowest BCUT2D eigenvalue weighted by molar-refractivity contribution is 0.654. The van der Waals surface area contributed by atoms with E-state index in [9.17, 15) is 0 Å². The summed E-state index contributed by atoms with van der Waals surface area (Å²) in [6.07, 6.45) is 3.05. The molecular weight excluding hydrogens is 162 g/mol. The average molecular weight is 181 g/mol. The summed E-state index contributed by atoms with van der Waals surface area (Å²) in [5, 5.41) is 7.30. The molecule has 0 radical (unpaired) electrons. The second kappa shape index (κ2) is 4.42. The van der Waals surface area contributed by atoms with E-state index in [-0.39, 0.29) is 6.04 Å². The van der Waals surface area contributed by atoms with Crippen molar-refractivity contribution in [3.63, 3.8) is 0 Å². The maximum Gasteiger partial charge on any atom is 0.0657 e. The molecule has 0 bridgehead atoms. The largest absolute Gasteiger partial charge is 0.328 e. The number of H-pyrrole nitrogens is 1. The SMILES string of the molecule is CCc1c(CCC(C)N)n[nH]c1C. The molecule has 0 amide bonds. The second-order valence-electron chi connectivity index (χ2n) is 3.64. The number of hydrogen-bond acceptors (Lipinski definition) is 2. The topological polar surface area (TPSA) is 54.7 Å². The monoisotopic (exact) mass is 181 g/mol. The van der Waals surface area contributed by atoms with Crippen molar-refractivity contribution in [1.82, 2.24) is 10.2 Å². The molecule has 0 spiro atoms. The van der Waals surface area contributed by atoms with Gasteiger partial charge in [-0.15, -0.1) is 0 Å². The quantitative estimate of drug-likeness (QED) is 0.740. The maximum absolute atomic E-state index is 5.70. The van der Waals surface area contributed by atoms with Crippen LogP contribution in [0.1, 0.15) is 37.2 Å². The van der Waals surface area contributed by atoms with Gasteiger partial charge in [-0.05, 0) is 38.7 Å². The fourth-order valence-electron chi connectivity index (χ4n) is 1.54. The van der Waals surface area contributed by atoms with Crippen molar-refractivity contribution in [1.29, 1.82) is 0 Å². The van der Waals surface area contributed by atoms with Gasteiger partial charge in [0.05, 0.1) is 5.69 Å². The predicted octanol–water partition coefficient (Wildman–Crippen LogP) is 1.56. The van der Waals surface area contributed by atoms with Crippen LogP contribution < -0.4 is 5.73 Å². The maximum atomic E-state index is 5.70. The van der Waals surface area contributed by atoms with Gasteiger partial charge in [0.15, 0.2) is 0 Å². The average Bonchev–Trinajstić information content (AvgIpc) is 2.42. The summed E-state index contributed by atoms with van der Waals surface area (Å²) < 4.78 is 0. The number of nitrogens with two attached hydrogens (primary N) is 1. The second-order valence-corrected chi connectivity index (χ2v) is 3.64.